The molecule has 1 saturated heterocycles. The summed E-state index contributed by atoms with van der Waals surface area (Å²) < 4.78 is 13.3. The van der Waals surface area contributed by atoms with Crippen LogP contribution in [0.15, 0.2) is 42.5 Å². The molecule has 1 aliphatic rings. The number of aryl methyl sites for hydroxylation is 2. The third kappa shape index (κ3) is 4.58. The number of hydrogen-bond acceptors (Lipinski definition) is 2. The predicted octanol–water partition coefficient (Wildman–Crippen LogP) is 4.37. The van der Waals surface area contributed by atoms with Gasteiger partial charge >= 0.3 is 0 Å². The second kappa shape index (κ2) is 8.55. The van der Waals surface area contributed by atoms with Crippen LogP contribution in [0, 0.1) is 19.7 Å². The molecule has 0 aromatic heterocycles. The highest BCUT2D eigenvalue weighted by molar-refractivity contribution is 5.80. The van der Waals surface area contributed by atoms with E-state index in [2.05, 4.69) is 37.4 Å². The molecule has 1 heterocycles. The Balaban J connectivity index is 1.78. The molecular formula is C23H27FN2O2. The monoisotopic (exact) mass is 382 g/mol. The van der Waals surface area contributed by atoms with E-state index in [9.17, 15) is 14.0 Å². The third-order valence-electron chi connectivity index (χ3n) is 5.52. The van der Waals surface area contributed by atoms with E-state index in [1.165, 1.54) is 30.2 Å². The van der Waals surface area contributed by atoms with E-state index in [1.54, 1.807) is 12.1 Å². The van der Waals surface area contributed by atoms with Gasteiger partial charge in [0.2, 0.25) is 11.8 Å². The summed E-state index contributed by atoms with van der Waals surface area (Å²) in [7, 11) is 0. The molecule has 5 heteroatoms. The fourth-order valence-corrected chi connectivity index (χ4v) is 3.87. The average Bonchev–Trinajstić information content (AvgIpc) is 3.13. The molecule has 2 aromatic rings. The molecule has 4 nitrogen and oxygen atoms in total. The summed E-state index contributed by atoms with van der Waals surface area (Å²) in [6, 6.07) is 11.9. The van der Waals surface area contributed by atoms with E-state index >= 15 is 0 Å². The number of halogens is 1. The van der Waals surface area contributed by atoms with Crippen LogP contribution in [-0.4, -0.2) is 23.3 Å². The number of rotatable bonds is 5. The Morgan fingerprint density at radius 3 is 2.50 bits per heavy atom. The van der Waals surface area contributed by atoms with Crippen LogP contribution in [0.5, 0.6) is 0 Å². The van der Waals surface area contributed by atoms with Crippen LogP contribution < -0.4 is 5.32 Å². The molecule has 2 atom stereocenters. The number of nitrogens with zero attached hydrogens (tertiary/aromatic N) is 1. The van der Waals surface area contributed by atoms with Gasteiger partial charge in [-0.15, -0.1) is 0 Å². The standard InChI is InChI=1S/C23H27FN2O2/c1-15-6-7-19(13-16(15)2)22-5-4-12-26(22)23(28)14-21(25-17(3)27)18-8-10-20(24)11-9-18/h6-11,13,21-22H,4-5,12,14H2,1-3H3,(H,25,27). The molecule has 2 amide bonds. The maximum atomic E-state index is 13.3. The van der Waals surface area contributed by atoms with Crippen LogP contribution in [0.25, 0.3) is 0 Å². The Morgan fingerprint density at radius 1 is 1.14 bits per heavy atom. The topological polar surface area (TPSA) is 49.4 Å². The van der Waals surface area contributed by atoms with Crippen molar-refractivity contribution in [3.8, 4) is 0 Å². The van der Waals surface area contributed by atoms with Crippen LogP contribution in [0.3, 0.4) is 0 Å². The van der Waals surface area contributed by atoms with Crippen LogP contribution in [0.1, 0.15) is 60.5 Å². The molecule has 2 aromatic carbocycles. The second-order valence-corrected chi connectivity index (χ2v) is 7.60. The summed E-state index contributed by atoms with van der Waals surface area (Å²) >= 11 is 0. The predicted molar refractivity (Wildman–Crippen MR) is 107 cm³/mol. The summed E-state index contributed by atoms with van der Waals surface area (Å²) in [5.74, 6) is -0.552. The highest BCUT2D eigenvalue weighted by Crippen LogP contribution is 2.34. The maximum Gasteiger partial charge on any atom is 0.225 e. The molecule has 0 aliphatic carbocycles. The highest BCUT2D eigenvalue weighted by atomic mass is 19.1. The zero-order chi connectivity index (χ0) is 20.3. The van der Waals surface area contributed by atoms with E-state index < -0.39 is 6.04 Å². The largest absolute Gasteiger partial charge is 0.349 e. The molecule has 0 saturated carbocycles. The quantitative estimate of drug-likeness (QED) is 0.835. The Morgan fingerprint density at radius 2 is 1.86 bits per heavy atom. The molecule has 28 heavy (non-hydrogen) atoms. The van der Waals surface area contributed by atoms with Gasteiger partial charge in [0.1, 0.15) is 5.82 Å². The van der Waals surface area contributed by atoms with Crippen LogP contribution >= 0.6 is 0 Å². The van der Waals surface area contributed by atoms with Gasteiger partial charge in [0.25, 0.3) is 0 Å². The van der Waals surface area contributed by atoms with Gasteiger partial charge in [-0.05, 0) is 61.1 Å². The zero-order valence-corrected chi connectivity index (χ0v) is 16.7. The molecule has 1 aliphatic heterocycles. The van der Waals surface area contributed by atoms with Gasteiger partial charge in [-0.25, -0.2) is 4.39 Å². The van der Waals surface area contributed by atoms with Crippen LogP contribution in [0.2, 0.25) is 0 Å². The van der Waals surface area contributed by atoms with Crippen LogP contribution in [-0.2, 0) is 9.59 Å². The Bertz CT molecular complexity index is 863. The molecule has 3 rings (SSSR count). The number of likely N-dealkylation sites (tertiary alicyclic amines) is 1. The molecule has 2 unspecified atom stereocenters. The summed E-state index contributed by atoms with van der Waals surface area (Å²) in [6.45, 7) is 6.31. The van der Waals surface area contributed by atoms with Crippen molar-refractivity contribution in [3.05, 3.63) is 70.5 Å². The Kier molecular flexibility index (Phi) is 6.12. The summed E-state index contributed by atoms with van der Waals surface area (Å²) in [4.78, 5) is 26.7. The van der Waals surface area contributed by atoms with E-state index in [4.69, 9.17) is 0 Å². The lowest BCUT2D eigenvalue weighted by Crippen LogP contribution is -2.35. The number of amides is 2. The van der Waals surface area contributed by atoms with E-state index in [1.807, 2.05) is 4.90 Å². The lowest BCUT2D eigenvalue weighted by Gasteiger charge is -2.28. The first-order chi connectivity index (χ1) is 13.3. The molecule has 1 fully saturated rings. The summed E-state index contributed by atoms with van der Waals surface area (Å²) in [5, 5.41) is 2.83. The van der Waals surface area contributed by atoms with Crippen molar-refractivity contribution in [3.63, 3.8) is 0 Å². The fraction of sp³-hybridized carbons (Fsp3) is 0.391. The van der Waals surface area contributed by atoms with Crippen molar-refractivity contribution in [2.45, 2.75) is 52.1 Å². The number of benzene rings is 2. The lowest BCUT2D eigenvalue weighted by atomic mass is 9.98. The minimum atomic E-state index is -0.466. The molecule has 1 N–H and O–H groups in total. The summed E-state index contributed by atoms with van der Waals surface area (Å²) in [5.41, 5.74) is 4.35. The first kappa shape index (κ1) is 20.1. The minimum absolute atomic E-state index is 0.00352. The number of hydrogen-bond donors (Lipinski definition) is 1. The number of nitrogens with one attached hydrogen (secondary N) is 1. The second-order valence-electron chi connectivity index (χ2n) is 7.60. The molecule has 0 bridgehead atoms. The number of carbonyl (C=O) groups is 2. The maximum absolute atomic E-state index is 13.3. The minimum Gasteiger partial charge on any atom is -0.349 e. The zero-order valence-electron chi connectivity index (χ0n) is 16.7. The first-order valence-electron chi connectivity index (χ1n) is 9.74. The molecule has 0 radical (unpaired) electrons. The average molecular weight is 382 g/mol. The Hall–Kier alpha value is -2.69. The van der Waals surface area contributed by atoms with Gasteiger partial charge in [-0.1, -0.05) is 30.3 Å². The van der Waals surface area contributed by atoms with Gasteiger partial charge in [0, 0.05) is 13.5 Å². The first-order valence-corrected chi connectivity index (χ1v) is 9.74. The van der Waals surface area contributed by atoms with E-state index in [-0.39, 0.29) is 30.1 Å². The van der Waals surface area contributed by atoms with Gasteiger partial charge in [0.15, 0.2) is 0 Å². The van der Waals surface area contributed by atoms with Crippen molar-refractivity contribution < 1.29 is 14.0 Å². The SMILES string of the molecule is CC(=O)NC(CC(=O)N1CCCC1c1ccc(C)c(C)c1)c1ccc(F)cc1. The van der Waals surface area contributed by atoms with Gasteiger partial charge in [-0.2, -0.15) is 0 Å². The third-order valence-corrected chi connectivity index (χ3v) is 5.52. The van der Waals surface area contributed by atoms with Gasteiger partial charge in [-0.3, -0.25) is 9.59 Å². The van der Waals surface area contributed by atoms with Gasteiger partial charge in [0.05, 0.1) is 18.5 Å². The van der Waals surface area contributed by atoms with E-state index in [0.29, 0.717) is 6.54 Å². The van der Waals surface area contributed by atoms with Gasteiger partial charge < -0.3 is 10.2 Å². The van der Waals surface area contributed by atoms with E-state index in [0.717, 1.165) is 24.0 Å². The Labute approximate surface area is 165 Å². The fourth-order valence-electron chi connectivity index (χ4n) is 3.87. The lowest BCUT2D eigenvalue weighted by molar-refractivity contribution is -0.133. The smallest absolute Gasteiger partial charge is 0.225 e. The van der Waals surface area contributed by atoms with Crippen molar-refractivity contribution in [2.24, 2.45) is 0 Å². The molecule has 148 valence electrons. The van der Waals surface area contributed by atoms with Crippen molar-refractivity contribution >= 4 is 11.8 Å². The molecular weight excluding hydrogens is 355 g/mol. The van der Waals surface area contributed by atoms with Crippen molar-refractivity contribution in [2.75, 3.05) is 6.54 Å². The van der Waals surface area contributed by atoms with Crippen molar-refractivity contribution in [1.29, 1.82) is 0 Å². The van der Waals surface area contributed by atoms with Crippen LogP contribution in [0.4, 0.5) is 4.39 Å². The highest BCUT2D eigenvalue weighted by Gasteiger charge is 2.31. The summed E-state index contributed by atoms with van der Waals surface area (Å²) in [6.07, 6.45) is 2.06. The normalized spacial score (nSPS) is 17.4. The molecule has 0 spiro atoms. The number of carbonyl (C=O) groups excluding carboxylic acids is 2. The van der Waals surface area contributed by atoms with Crippen molar-refractivity contribution in [1.82, 2.24) is 10.2 Å².